The van der Waals surface area contributed by atoms with E-state index in [1.807, 2.05) is 0 Å². The average molecular weight is 486 g/mol. The molecule has 0 amide bonds. The van der Waals surface area contributed by atoms with Crippen LogP contribution in [-0.2, 0) is 0 Å². The fourth-order valence-corrected chi connectivity index (χ4v) is 3.71. The van der Waals surface area contributed by atoms with E-state index < -0.39 is 11.4 Å². The third-order valence-corrected chi connectivity index (χ3v) is 5.28. The number of ether oxygens (including phenoxy) is 2. The van der Waals surface area contributed by atoms with E-state index in [-0.39, 0.29) is 17.1 Å². The standard InChI is InChI=1S/C23H14BrClO5/c1-28-19-10-9-13(12-17(19)24)21-22(20(26)16-7-2-3-8-18(16)29-21)30-23(27)14-5-4-6-15(25)11-14/h2-12H,1H3. The van der Waals surface area contributed by atoms with Crippen LogP contribution in [0.15, 0.2) is 80.4 Å². The zero-order valence-electron chi connectivity index (χ0n) is 15.6. The van der Waals surface area contributed by atoms with E-state index in [0.29, 0.717) is 31.8 Å². The second-order valence-electron chi connectivity index (χ2n) is 6.33. The Labute approximate surface area is 184 Å². The van der Waals surface area contributed by atoms with Crippen LogP contribution in [0.25, 0.3) is 22.3 Å². The van der Waals surface area contributed by atoms with Crippen molar-refractivity contribution >= 4 is 44.5 Å². The molecule has 1 aromatic heterocycles. The van der Waals surface area contributed by atoms with Gasteiger partial charge in [-0.15, -0.1) is 0 Å². The number of fused-ring (bicyclic) bond motifs is 1. The van der Waals surface area contributed by atoms with Gasteiger partial charge >= 0.3 is 5.97 Å². The summed E-state index contributed by atoms with van der Waals surface area (Å²) in [6.07, 6.45) is 0. The van der Waals surface area contributed by atoms with Crippen LogP contribution in [0.4, 0.5) is 0 Å². The van der Waals surface area contributed by atoms with Crippen molar-refractivity contribution in [3.8, 4) is 22.8 Å². The number of hydrogen-bond acceptors (Lipinski definition) is 5. The molecule has 150 valence electrons. The third-order valence-electron chi connectivity index (χ3n) is 4.43. The zero-order valence-corrected chi connectivity index (χ0v) is 18.0. The Balaban J connectivity index is 1.89. The van der Waals surface area contributed by atoms with Crippen LogP contribution < -0.4 is 14.9 Å². The molecule has 0 atom stereocenters. The fourth-order valence-electron chi connectivity index (χ4n) is 2.98. The molecule has 1 heterocycles. The Morgan fingerprint density at radius 1 is 1.03 bits per heavy atom. The molecule has 0 aliphatic rings. The molecule has 4 aromatic rings. The summed E-state index contributed by atoms with van der Waals surface area (Å²) < 4.78 is 17.4. The molecule has 0 saturated carbocycles. The molecule has 0 radical (unpaired) electrons. The summed E-state index contributed by atoms with van der Waals surface area (Å²) in [5.41, 5.74) is 0.692. The highest BCUT2D eigenvalue weighted by atomic mass is 79.9. The first kappa shape index (κ1) is 20.2. The second kappa shape index (κ2) is 8.34. The number of carbonyl (C=O) groups excluding carboxylic acids is 1. The first-order valence-electron chi connectivity index (χ1n) is 8.85. The van der Waals surface area contributed by atoms with Crippen molar-refractivity contribution in [2.75, 3.05) is 7.11 Å². The quantitative estimate of drug-likeness (QED) is 0.327. The number of hydrogen-bond donors (Lipinski definition) is 0. The topological polar surface area (TPSA) is 65.7 Å². The molecule has 7 heteroatoms. The highest BCUT2D eigenvalue weighted by molar-refractivity contribution is 9.10. The van der Waals surface area contributed by atoms with Gasteiger partial charge in [-0.25, -0.2) is 4.79 Å². The highest BCUT2D eigenvalue weighted by Gasteiger charge is 2.22. The molecule has 0 saturated heterocycles. The Hall–Kier alpha value is -3.09. The number of para-hydroxylation sites is 1. The maximum atomic E-state index is 13.2. The third kappa shape index (κ3) is 3.84. The summed E-state index contributed by atoms with van der Waals surface area (Å²) in [5, 5.41) is 0.692. The molecule has 0 N–H and O–H groups in total. The van der Waals surface area contributed by atoms with Crippen molar-refractivity contribution in [2.24, 2.45) is 0 Å². The van der Waals surface area contributed by atoms with Crippen LogP contribution in [0.5, 0.6) is 11.5 Å². The fraction of sp³-hybridized carbons (Fsp3) is 0.0435. The van der Waals surface area contributed by atoms with Crippen LogP contribution >= 0.6 is 27.5 Å². The maximum Gasteiger partial charge on any atom is 0.343 e. The first-order chi connectivity index (χ1) is 14.5. The van der Waals surface area contributed by atoms with Gasteiger partial charge < -0.3 is 13.9 Å². The van der Waals surface area contributed by atoms with Crippen molar-refractivity contribution in [1.82, 2.24) is 0 Å². The van der Waals surface area contributed by atoms with E-state index in [0.717, 1.165) is 0 Å². The average Bonchev–Trinajstić information content (AvgIpc) is 2.75. The Kier molecular flexibility index (Phi) is 5.61. The number of rotatable bonds is 4. The van der Waals surface area contributed by atoms with Gasteiger partial charge in [0.15, 0.2) is 5.76 Å². The molecule has 0 fully saturated rings. The minimum absolute atomic E-state index is 0.137. The molecule has 5 nitrogen and oxygen atoms in total. The molecule has 4 rings (SSSR count). The highest BCUT2D eigenvalue weighted by Crippen LogP contribution is 2.35. The summed E-state index contributed by atoms with van der Waals surface area (Å²) in [4.78, 5) is 25.9. The number of carbonyl (C=O) groups is 1. The van der Waals surface area contributed by atoms with E-state index in [1.165, 1.54) is 6.07 Å². The molecule has 0 spiro atoms. The van der Waals surface area contributed by atoms with Gasteiger partial charge in [-0.05, 0) is 64.5 Å². The Bertz CT molecular complexity index is 1330. The van der Waals surface area contributed by atoms with E-state index in [4.69, 9.17) is 25.5 Å². The summed E-state index contributed by atoms with van der Waals surface area (Å²) in [5.74, 6) is -0.165. The lowest BCUT2D eigenvalue weighted by Crippen LogP contribution is -2.16. The van der Waals surface area contributed by atoms with Gasteiger partial charge in [0, 0.05) is 10.6 Å². The van der Waals surface area contributed by atoms with E-state index >= 15 is 0 Å². The van der Waals surface area contributed by atoms with Gasteiger partial charge in [-0.1, -0.05) is 29.8 Å². The lowest BCUT2D eigenvalue weighted by Gasteiger charge is -2.12. The number of halogens is 2. The van der Waals surface area contributed by atoms with Crippen molar-refractivity contribution in [2.45, 2.75) is 0 Å². The summed E-state index contributed by atoms with van der Waals surface area (Å²) in [6, 6.07) is 18.2. The smallest absolute Gasteiger partial charge is 0.343 e. The van der Waals surface area contributed by atoms with Crippen LogP contribution in [0.2, 0.25) is 5.02 Å². The van der Waals surface area contributed by atoms with Crippen LogP contribution in [-0.4, -0.2) is 13.1 Å². The largest absolute Gasteiger partial charge is 0.496 e. The monoisotopic (exact) mass is 484 g/mol. The SMILES string of the molecule is COc1ccc(-c2oc3ccccc3c(=O)c2OC(=O)c2cccc(Cl)c2)cc1Br. The minimum atomic E-state index is -0.714. The molecular weight excluding hydrogens is 472 g/mol. The van der Waals surface area contributed by atoms with E-state index in [2.05, 4.69) is 15.9 Å². The lowest BCUT2D eigenvalue weighted by molar-refractivity contribution is 0.0731. The second-order valence-corrected chi connectivity index (χ2v) is 7.63. The van der Waals surface area contributed by atoms with E-state index in [9.17, 15) is 9.59 Å². The van der Waals surface area contributed by atoms with Crippen molar-refractivity contribution in [3.63, 3.8) is 0 Å². The lowest BCUT2D eigenvalue weighted by atomic mass is 10.1. The summed E-state index contributed by atoms with van der Waals surface area (Å²) in [6.45, 7) is 0. The maximum absolute atomic E-state index is 13.2. The van der Waals surface area contributed by atoms with Gasteiger partial charge in [-0.2, -0.15) is 0 Å². The van der Waals surface area contributed by atoms with Gasteiger partial charge in [-0.3, -0.25) is 4.79 Å². The zero-order chi connectivity index (χ0) is 21.3. The van der Waals surface area contributed by atoms with Gasteiger partial charge in [0.25, 0.3) is 0 Å². The molecule has 0 unspecified atom stereocenters. The molecule has 3 aromatic carbocycles. The minimum Gasteiger partial charge on any atom is -0.496 e. The van der Waals surface area contributed by atoms with Crippen LogP contribution in [0, 0.1) is 0 Å². The predicted octanol–water partition coefficient (Wildman–Crippen LogP) is 6.10. The number of esters is 1. The molecule has 0 aliphatic heterocycles. The van der Waals surface area contributed by atoms with Crippen molar-refractivity contribution < 1.29 is 18.7 Å². The molecule has 0 aliphatic carbocycles. The van der Waals surface area contributed by atoms with Gasteiger partial charge in [0.1, 0.15) is 11.3 Å². The Morgan fingerprint density at radius 2 is 1.83 bits per heavy atom. The van der Waals surface area contributed by atoms with Crippen LogP contribution in [0.1, 0.15) is 10.4 Å². The van der Waals surface area contributed by atoms with Crippen molar-refractivity contribution in [3.05, 3.63) is 92.0 Å². The Morgan fingerprint density at radius 3 is 2.57 bits per heavy atom. The number of benzene rings is 3. The van der Waals surface area contributed by atoms with Crippen molar-refractivity contribution in [1.29, 1.82) is 0 Å². The number of methoxy groups -OCH3 is 1. The van der Waals surface area contributed by atoms with Crippen LogP contribution in [0.3, 0.4) is 0 Å². The summed E-state index contributed by atoms with van der Waals surface area (Å²) >= 11 is 9.40. The molecule has 30 heavy (non-hydrogen) atoms. The molecule has 0 bridgehead atoms. The molecular formula is C23H14BrClO5. The normalized spacial score (nSPS) is 10.8. The first-order valence-corrected chi connectivity index (χ1v) is 10.0. The van der Waals surface area contributed by atoms with E-state index in [1.54, 1.807) is 67.8 Å². The van der Waals surface area contributed by atoms with Gasteiger partial charge in [0.2, 0.25) is 11.2 Å². The van der Waals surface area contributed by atoms with Gasteiger partial charge in [0.05, 0.1) is 22.5 Å². The summed E-state index contributed by atoms with van der Waals surface area (Å²) in [7, 11) is 1.55. The predicted molar refractivity (Wildman–Crippen MR) is 119 cm³/mol.